The lowest BCUT2D eigenvalue weighted by atomic mass is 10.00. The molecule has 106 valence electrons. The summed E-state index contributed by atoms with van der Waals surface area (Å²) >= 11 is 0. The van der Waals surface area contributed by atoms with Gasteiger partial charge in [0.1, 0.15) is 0 Å². The van der Waals surface area contributed by atoms with Gasteiger partial charge in [-0.05, 0) is 46.2 Å². The Balaban J connectivity index is 1.59. The number of hydrogen-bond acceptors (Lipinski definition) is 3. The zero-order valence-electron chi connectivity index (χ0n) is 12.5. The van der Waals surface area contributed by atoms with Crippen molar-refractivity contribution in [3.05, 3.63) is 0 Å². The second-order valence-corrected chi connectivity index (χ2v) is 6.86. The number of likely N-dealkylation sites (N-methyl/N-ethyl adjacent to an activating group) is 1. The third-order valence-electron chi connectivity index (χ3n) is 4.91. The fourth-order valence-corrected chi connectivity index (χ4v) is 3.29. The summed E-state index contributed by atoms with van der Waals surface area (Å²) in [6, 6.07) is 0. The maximum absolute atomic E-state index is 3.66. The van der Waals surface area contributed by atoms with E-state index in [-0.39, 0.29) is 0 Å². The van der Waals surface area contributed by atoms with Crippen molar-refractivity contribution in [2.45, 2.75) is 45.1 Å². The van der Waals surface area contributed by atoms with Crippen molar-refractivity contribution in [1.29, 1.82) is 0 Å². The minimum absolute atomic E-state index is 0.337. The van der Waals surface area contributed by atoms with E-state index in [2.05, 4.69) is 36.0 Å². The Bertz CT molecular complexity index is 246. The molecule has 0 aromatic heterocycles. The highest BCUT2D eigenvalue weighted by molar-refractivity contribution is 4.88. The molecule has 0 amide bonds. The Kier molecular flexibility index (Phi) is 5.05. The molecule has 0 radical (unpaired) electrons. The number of piperazine rings is 1. The third kappa shape index (κ3) is 3.94. The number of hydrogen-bond donors (Lipinski definition) is 1. The van der Waals surface area contributed by atoms with Crippen LogP contribution < -0.4 is 5.32 Å². The van der Waals surface area contributed by atoms with Crippen LogP contribution in [0.15, 0.2) is 0 Å². The maximum atomic E-state index is 3.66. The summed E-state index contributed by atoms with van der Waals surface area (Å²) < 4.78 is 0. The molecule has 1 heterocycles. The van der Waals surface area contributed by atoms with Gasteiger partial charge in [0.25, 0.3) is 0 Å². The van der Waals surface area contributed by atoms with Gasteiger partial charge in [0.15, 0.2) is 0 Å². The van der Waals surface area contributed by atoms with Crippen molar-refractivity contribution < 1.29 is 0 Å². The summed E-state index contributed by atoms with van der Waals surface area (Å²) in [6.07, 6.45) is 5.82. The second kappa shape index (κ2) is 6.36. The molecule has 3 heteroatoms. The third-order valence-corrected chi connectivity index (χ3v) is 4.91. The quantitative estimate of drug-likeness (QED) is 0.754. The van der Waals surface area contributed by atoms with Crippen LogP contribution >= 0.6 is 0 Å². The number of nitrogens with one attached hydrogen (secondary N) is 1. The Morgan fingerprint density at radius 3 is 2.56 bits per heavy atom. The highest BCUT2D eigenvalue weighted by Gasteiger charge is 2.30. The number of rotatable bonds is 5. The van der Waals surface area contributed by atoms with Crippen molar-refractivity contribution in [2.24, 2.45) is 5.92 Å². The molecule has 0 bridgehead atoms. The van der Waals surface area contributed by atoms with Gasteiger partial charge in [0.05, 0.1) is 0 Å². The molecule has 2 rings (SSSR count). The van der Waals surface area contributed by atoms with Crippen molar-refractivity contribution in [2.75, 3.05) is 46.3 Å². The van der Waals surface area contributed by atoms with E-state index in [1.807, 2.05) is 0 Å². The van der Waals surface area contributed by atoms with E-state index in [1.165, 1.54) is 58.4 Å². The Morgan fingerprint density at radius 1 is 1.17 bits per heavy atom. The summed E-state index contributed by atoms with van der Waals surface area (Å²) in [6.45, 7) is 12.0. The van der Waals surface area contributed by atoms with Crippen LogP contribution in [0.3, 0.4) is 0 Å². The summed E-state index contributed by atoms with van der Waals surface area (Å²) in [5.74, 6) is 0.967. The lowest BCUT2D eigenvalue weighted by molar-refractivity contribution is 0.0406. The molecule has 3 nitrogen and oxygen atoms in total. The molecular weight excluding hydrogens is 222 g/mol. The van der Waals surface area contributed by atoms with E-state index in [0.29, 0.717) is 5.54 Å². The highest BCUT2D eigenvalue weighted by Crippen LogP contribution is 2.23. The summed E-state index contributed by atoms with van der Waals surface area (Å²) in [7, 11) is 2.25. The Morgan fingerprint density at radius 2 is 1.89 bits per heavy atom. The summed E-state index contributed by atoms with van der Waals surface area (Å²) in [5, 5.41) is 3.66. The molecule has 0 spiro atoms. The van der Waals surface area contributed by atoms with Crippen LogP contribution in [0, 0.1) is 5.92 Å². The minimum Gasteiger partial charge on any atom is -0.315 e. The fourth-order valence-electron chi connectivity index (χ4n) is 3.29. The van der Waals surface area contributed by atoms with Gasteiger partial charge in [-0.2, -0.15) is 0 Å². The van der Waals surface area contributed by atoms with E-state index in [1.54, 1.807) is 0 Å². The van der Waals surface area contributed by atoms with Crippen LogP contribution in [-0.2, 0) is 0 Å². The molecule has 1 aliphatic heterocycles. The molecule has 0 atom stereocenters. The predicted octanol–water partition coefficient (Wildman–Crippen LogP) is 1.79. The fraction of sp³-hybridized carbons (Fsp3) is 1.00. The van der Waals surface area contributed by atoms with Gasteiger partial charge in [-0.25, -0.2) is 0 Å². The molecule has 1 aliphatic carbocycles. The predicted molar refractivity (Wildman–Crippen MR) is 78.0 cm³/mol. The van der Waals surface area contributed by atoms with Crippen LogP contribution in [0.5, 0.6) is 0 Å². The van der Waals surface area contributed by atoms with Crippen molar-refractivity contribution >= 4 is 0 Å². The maximum Gasteiger partial charge on any atom is 0.0277 e. The van der Waals surface area contributed by atoms with Crippen LogP contribution in [0.1, 0.15) is 39.5 Å². The molecule has 1 saturated carbocycles. The van der Waals surface area contributed by atoms with Crippen molar-refractivity contribution in [1.82, 2.24) is 15.1 Å². The first-order valence-corrected chi connectivity index (χ1v) is 7.72. The lowest BCUT2D eigenvalue weighted by Crippen LogP contribution is -2.58. The SMILES string of the molecule is CN1CCN(CCNCC2CCCC2)CC1(C)C. The van der Waals surface area contributed by atoms with Gasteiger partial charge in [-0.15, -0.1) is 0 Å². The largest absolute Gasteiger partial charge is 0.315 e. The molecule has 1 N–H and O–H groups in total. The van der Waals surface area contributed by atoms with Crippen LogP contribution in [0.25, 0.3) is 0 Å². The summed E-state index contributed by atoms with van der Waals surface area (Å²) in [4.78, 5) is 5.09. The summed E-state index contributed by atoms with van der Waals surface area (Å²) in [5.41, 5.74) is 0.337. The normalized spacial score (nSPS) is 26.8. The van der Waals surface area contributed by atoms with E-state index in [0.717, 1.165) is 12.5 Å². The van der Waals surface area contributed by atoms with E-state index >= 15 is 0 Å². The minimum atomic E-state index is 0.337. The molecule has 2 fully saturated rings. The van der Waals surface area contributed by atoms with Crippen molar-refractivity contribution in [3.8, 4) is 0 Å². The molecule has 18 heavy (non-hydrogen) atoms. The Hall–Kier alpha value is -0.120. The smallest absolute Gasteiger partial charge is 0.0277 e. The van der Waals surface area contributed by atoms with Gasteiger partial charge in [0, 0.05) is 38.3 Å². The average Bonchev–Trinajstić information content (AvgIpc) is 2.82. The zero-order chi connectivity index (χ0) is 13.0. The zero-order valence-corrected chi connectivity index (χ0v) is 12.5. The van der Waals surface area contributed by atoms with Gasteiger partial charge in [-0.3, -0.25) is 9.80 Å². The van der Waals surface area contributed by atoms with Gasteiger partial charge >= 0.3 is 0 Å². The molecule has 0 aromatic carbocycles. The topological polar surface area (TPSA) is 18.5 Å². The van der Waals surface area contributed by atoms with E-state index in [9.17, 15) is 0 Å². The standard InChI is InChI=1S/C15H31N3/c1-15(2)13-18(11-10-17(15)3)9-8-16-12-14-6-4-5-7-14/h14,16H,4-13H2,1-3H3. The Labute approximate surface area is 113 Å². The molecular formula is C15H31N3. The van der Waals surface area contributed by atoms with E-state index < -0.39 is 0 Å². The first-order valence-electron chi connectivity index (χ1n) is 7.72. The molecule has 1 saturated heterocycles. The second-order valence-electron chi connectivity index (χ2n) is 6.86. The molecule has 2 aliphatic rings. The van der Waals surface area contributed by atoms with Gasteiger partial charge < -0.3 is 5.32 Å². The van der Waals surface area contributed by atoms with Gasteiger partial charge in [-0.1, -0.05) is 12.8 Å². The van der Waals surface area contributed by atoms with Gasteiger partial charge in [0.2, 0.25) is 0 Å². The van der Waals surface area contributed by atoms with Crippen LogP contribution in [0.2, 0.25) is 0 Å². The number of nitrogens with zero attached hydrogens (tertiary/aromatic N) is 2. The van der Waals surface area contributed by atoms with Crippen LogP contribution in [-0.4, -0.2) is 61.7 Å². The first kappa shape index (κ1) is 14.3. The average molecular weight is 253 g/mol. The molecule has 0 aromatic rings. The van der Waals surface area contributed by atoms with Crippen molar-refractivity contribution in [3.63, 3.8) is 0 Å². The monoisotopic (exact) mass is 253 g/mol. The van der Waals surface area contributed by atoms with Crippen LogP contribution in [0.4, 0.5) is 0 Å². The molecule has 0 unspecified atom stereocenters. The van der Waals surface area contributed by atoms with E-state index in [4.69, 9.17) is 0 Å². The lowest BCUT2D eigenvalue weighted by Gasteiger charge is -2.45. The highest BCUT2D eigenvalue weighted by atomic mass is 15.3. The first-order chi connectivity index (χ1) is 8.58.